The van der Waals surface area contributed by atoms with Crippen molar-refractivity contribution >= 4 is 11.6 Å². The van der Waals surface area contributed by atoms with Crippen LogP contribution in [0.4, 0.5) is 8.78 Å². The molecule has 0 spiro atoms. The average Bonchev–Trinajstić information content (AvgIpc) is 2.29. The number of rotatable bonds is 2. The van der Waals surface area contributed by atoms with E-state index in [2.05, 4.69) is 0 Å². The molecule has 1 saturated carbocycles. The number of Topliss-reactive ketones (excluding diaryl/α,β-unsaturated/α-hetero) is 2. The second-order valence-electron chi connectivity index (χ2n) is 4.30. The molecule has 2 nitrogen and oxygen atoms in total. The van der Waals surface area contributed by atoms with Crippen LogP contribution in [0.5, 0.6) is 0 Å². The first-order chi connectivity index (χ1) is 8.08. The van der Waals surface area contributed by atoms with Gasteiger partial charge in [0, 0.05) is 24.8 Å². The maximum atomic E-state index is 13.4. The molecule has 0 radical (unpaired) electrons. The van der Waals surface area contributed by atoms with Crippen LogP contribution in [0.1, 0.15) is 36.0 Å². The van der Waals surface area contributed by atoms with Crippen molar-refractivity contribution in [3.05, 3.63) is 35.4 Å². The molecule has 0 aromatic heterocycles. The van der Waals surface area contributed by atoms with Crippen molar-refractivity contribution in [2.24, 2.45) is 5.92 Å². The SMILES string of the molecule is O=C1CCC(C(=O)c2ccc(F)cc2F)CC1. The van der Waals surface area contributed by atoms with E-state index < -0.39 is 11.6 Å². The van der Waals surface area contributed by atoms with Gasteiger partial charge in [-0.3, -0.25) is 9.59 Å². The van der Waals surface area contributed by atoms with Gasteiger partial charge in [-0.2, -0.15) is 0 Å². The van der Waals surface area contributed by atoms with E-state index in [1.165, 1.54) is 6.07 Å². The zero-order valence-electron chi connectivity index (χ0n) is 9.21. The summed E-state index contributed by atoms with van der Waals surface area (Å²) in [4.78, 5) is 23.0. The maximum absolute atomic E-state index is 13.4. The molecule has 17 heavy (non-hydrogen) atoms. The Morgan fingerprint density at radius 1 is 1.18 bits per heavy atom. The highest BCUT2D eigenvalue weighted by Crippen LogP contribution is 2.26. The minimum absolute atomic E-state index is 0.0780. The molecule has 4 heteroatoms. The molecule has 1 fully saturated rings. The molecule has 1 aliphatic carbocycles. The van der Waals surface area contributed by atoms with Crippen LogP contribution in [0.3, 0.4) is 0 Å². The van der Waals surface area contributed by atoms with Gasteiger partial charge in [0.05, 0.1) is 5.56 Å². The summed E-state index contributed by atoms with van der Waals surface area (Å²) < 4.78 is 26.1. The molecule has 0 saturated heterocycles. The van der Waals surface area contributed by atoms with E-state index in [-0.39, 0.29) is 23.0 Å². The number of hydrogen-bond acceptors (Lipinski definition) is 2. The molecule has 1 aliphatic rings. The number of carbonyl (C=O) groups excluding carboxylic acids is 2. The van der Waals surface area contributed by atoms with E-state index in [0.717, 1.165) is 6.07 Å². The molecule has 0 atom stereocenters. The van der Waals surface area contributed by atoms with Crippen LogP contribution in [0.25, 0.3) is 0 Å². The second kappa shape index (κ2) is 4.73. The fourth-order valence-corrected chi connectivity index (χ4v) is 2.11. The number of carbonyl (C=O) groups is 2. The summed E-state index contributed by atoms with van der Waals surface area (Å²) in [6, 6.07) is 2.95. The van der Waals surface area contributed by atoms with Crippen molar-refractivity contribution in [1.29, 1.82) is 0 Å². The highest BCUT2D eigenvalue weighted by molar-refractivity contribution is 5.99. The summed E-state index contributed by atoms with van der Waals surface area (Å²) in [5.41, 5.74) is -0.0780. The van der Waals surface area contributed by atoms with Gasteiger partial charge in [0.2, 0.25) is 0 Å². The molecular weight excluding hydrogens is 226 g/mol. The van der Waals surface area contributed by atoms with Gasteiger partial charge in [-0.25, -0.2) is 8.78 Å². The lowest BCUT2D eigenvalue weighted by Gasteiger charge is -2.19. The van der Waals surface area contributed by atoms with Crippen LogP contribution >= 0.6 is 0 Å². The van der Waals surface area contributed by atoms with Crippen LogP contribution in [0, 0.1) is 17.6 Å². The lowest BCUT2D eigenvalue weighted by atomic mass is 9.83. The van der Waals surface area contributed by atoms with Crippen LogP contribution in [0.2, 0.25) is 0 Å². The number of hydrogen-bond donors (Lipinski definition) is 0. The third kappa shape index (κ3) is 2.57. The van der Waals surface area contributed by atoms with E-state index in [0.29, 0.717) is 31.7 Å². The summed E-state index contributed by atoms with van der Waals surface area (Å²) >= 11 is 0. The fourth-order valence-electron chi connectivity index (χ4n) is 2.11. The third-order valence-corrected chi connectivity index (χ3v) is 3.11. The largest absolute Gasteiger partial charge is 0.300 e. The highest BCUT2D eigenvalue weighted by Gasteiger charge is 2.27. The molecule has 2 rings (SSSR count). The molecular formula is C13H12F2O2. The minimum atomic E-state index is -0.827. The highest BCUT2D eigenvalue weighted by atomic mass is 19.1. The van der Waals surface area contributed by atoms with E-state index in [1.807, 2.05) is 0 Å². The van der Waals surface area contributed by atoms with E-state index in [1.54, 1.807) is 0 Å². The van der Waals surface area contributed by atoms with E-state index >= 15 is 0 Å². The molecule has 0 amide bonds. The van der Waals surface area contributed by atoms with Gasteiger partial charge in [-0.15, -0.1) is 0 Å². The van der Waals surface area contributed by atoms with Crippen LogP contribution in [-0.2, 0) is 4.79 Å². The summed E-state index contributed by atoms with van der Waals surface area (Å²) in [7, 11) is 0. The molecule has 0 bridgehead atoms. The van der Waals surface area contributed by atoms with Crippen molar-refractivity contribution < 1.29 is 18.4 Å². The van der Waals surface area contributed by atoms with Crippen LogP contribution in [0.15, 0.2) is 18.2 Å². The van der Waals surface area contributed by atoms with E-state index in [4.69, 9.17) is 0 Å². The van der Waals surface area contributed by atoms with Gasteiger partial charge < -0.3 is 0 Å². The average molecular weight is 238 g/mol. The van der Waals surface area contributed by atoms with E-state index in [9.17, 15) is 18.4 Å². The quantitative estimate of drug-likeness (QED) is 0.742. The zero-order valence-corrected chi connectivity index (χ0v) is 9.21. The first kappa shape index (κ1) is 11.9. The number of benzene rings is 1. The predicted octanol–water partition coefficient (Wildman–Crippen LogP) is 2.91. The lowest BCUT2D eigenvalue weighted by molar-refractivity contribution is -0.120. The third-order valence-electron chi connectivity index (χ3n) is 3.11. The maximum Gasteiger partial charge on any atom is 0.168 e. The molecule has 90 valence electrons. The van der Waals surface area contributed by atoms with Gasteiger partial charge in [0.1, 0.15) is 17.4 Å². The van der Waals surface area contributed by atoms with Crippen LogP contribution in [-0.4, -0.2) is 11.6 Å². The monoisotopic (exact) mass is 238 g/mol. The summed E-state index contributed by atoms with van der Waals surface area (Å²) in [6.45, 7) is 0. The minimum Gasteiger partial charge on any atom is -0.300 e. The number of ketones is 2. The van der Waals surface area contributed by atoms with Crippen molar-refractivity contribution in [3.8, 4) is 0 Å². The van der Waals surface area contributed by atoms with Gasteiger partial charge in [0.25, 0.3) is 0 Å². The Morgan fingerprint density at radius 3 is 2.41 bits per heavy atom. The molecule has 0 N–H and O–H groups in total. The Morgan fingerprint density at radius 2 is 1.82 bits per heavy atom. The molecule has 0 aliphatic heterocycles. The van der Waals surface area contributed by atoms with Crippen molar-refractivity contribution in [1.82, 2.24) is 0 Å². The summed E-state index contributed by atoms with van der Waals surface area (Å²) in [5, 5.41) is 0. The molecule has 0 unspecified atom stereocenters. The second-order valence-corrected chi connectivity index (χ2v) is 4.30. The standard InChI is InChI=1S/C13H12F2O2/c14-9-3-6-11(12(15)7-9)13(17)8-1-4-10(16)5-2-8/h3,6-8H,1-2,4-5H2. The topological polar surface area (TPSA) is 34.1 Å². The first-order valence-electron chi connectivity index (χ1n) is 5.59. The zero-order chi connectivity index (χ0) is 12.4. The molecule has 1 aromatic carbocycles. The van der Waals surface area contributed by atoms with Crippen LogP contribution < -0.4 is 0 Å². The van der Waals surface area contributed by atoms with Gasteiger partial charge in [0.15, 0.2) is 5.78 Å². The summed E-state index contributed by atoms with van der Waals surface area (Å²) in [6.07, 6.45) is 1.68. The first-order valence-corrected chi connectivity index (χ1v) is 5.59. The van der Waals surface area contributed by atoms with Crippen molar-refractivity contribution in [2.75, 3.05) is 0 Å². The normalized spacial score (nSPS) is 17.2. The molecule has 1 aromatic rings. The smallest absolute Gasteiger partial charge is 0.168 e. The molecule has 0 heterocycles. The van der Waals surface area contributed by atoms with Gasteiger partial charge >= 0.3 is 0 Å². The lowest BCUT2D eigenvalue weighted by Crippen LogP contribution is -2.22. The Balaban J connectivity index is 2.16. The Bertz CT molecular complexity index is 458. The van der Waals surface area contributed by atoms with Gasteiger partial charge in [-0.05, 0) is 25.0 Å². The number of halogens is 2. The predicted molar refractivity (Wildman–Crippen MR) is 57.7 cm³/mol. The van der Waals surface area contributed by atoms with Crippen molar-refractivity contribution in [2.45, 2.75) is 25.7 Å². The summed E-state index contributed by atoms with van der Waals surface area (Å²) in [5.74, 6) is -2.01. The fraction of sp³-hybridized carbons (Fsp3) is 0.385. The van der Waals surface area contributed by atoms with Crippen molar-refractivity contribution in [3.63, 3.8) is 0 Å². The Labute approximate surface area is 97.6 Å². The Kier molecular flexibility index (Phi) is 3.31. The van der Waals surface area contributed by atoms with Gasteiger partial charge in [-0.1, -0.05) is 0 Å². The Hall–Kier alpha value is -1.58.